The van der Waals surface area contributed by atoms with E-state index in [2.05, 4.69) is 12.1 Å². The number of allylic oxidation sites excluding steroid dienone is 1. The molecule has 6 nitrogen and oxygen atoms in total. The lowest BCUT2D eigenvalue weighted by atomic mass is 9.84. The molecule has 0 radical (unpaired) electrons. The zero-order valence-corrected chi connectivity index (χ0v) is 19.8. The fraction of sp³-hybridized carbons (Fsp3) is 0.429. The van der Waals surface area contributed by atoms with E-state index in [4.69, 9.17) is 14.2 Å². The van der Waals surface area contributed by atoms with E-state index in [1.54, 1.807) is 36.3 Å². The van der Waals surface area contributed by atoms with E-state index in [9.17, 15) is 9.59 Å². The molecule has 4 rings (SSSR count). The van der Waals surface area contributed by atoms with Crippen LogP contribution in [0.4, 0.5) is 0 Å². The molecule has 0 unspecified atom stereocenters. The summed E-state index contributed by atoms with van der Waals surface area (Å²) in [4.78, 5) is 26.7. The molecule has 2 aromatic carbocycles. The van der Waals surface area contributed by atoms with Gasteiger partial charge in [-0.3, -0.25) is 9.59 Å². The van der Waals surface area contributed by atoms with Crippen LogP contribution >= 0.6 is 0 Å². The number of nitrogens with zero attached hydrogens (tertiary/aromatic N) is 1. The molecule has 2 aromatic rings. The van der Waals surface area contributed by atoms with Gasteiger partial charge in [0.25, 0.3) is 5.91 Å². The second-order valence-electron chi connectivity index (χ2n) is 8.85. The average molecular weight is 464 g/mol. The molecule has 1 heterocycles. The predicted molar refractivity (Wildman–Crippen MR) is 132 cm³/mol. The third kappa shape index (κ3) is 6.26. The van der Waals surface area contributed by atoms with E-state index in [0.717, 1.165) is 5.56 Å². The summed E-state index contributed by atoms with van der Waals surface area (Å²) in [5.74, 6) is 1.53. The Morgan fingerprint density at radius 1 is 1.00 bits per heavy atom. The molecule has 1 saturated carbocycles. The Hall–Kier alpha value is -3.12. The topological polar surface area (TPSA) is 65.1 Å². The van der Waals surface area contributed by atoms with Gasteiger partial charge in [0.05, 0.1) is 20.3 Å². The molecule has 0 spiro atoms. The summed E-state index contributed by atoms with van der Waals surface area (Å²) < 4.78 is 16.4. The Balaban J connectivity index is 1.34. The van der Waals surface area contributed by atoms with Crippen LogP contribution in [0.15, 0.2) is 48.5 Å². The minimum Gasteiger partial charge on any atom is -0.493 e. The summed E-state index contributed by atoms with van der Waals surface area (Å²) in [5.41, 5.74) is 2.84. The van der Waals surface area contributed by atoms with Crippen molar-refractivity contribution >= 4 is 17.8 Å². The standard InChI is InChI=1S/C28H33NO5/c1-32-27-19-21(8-14-26(27)34-20-28(31)29-15-17-33-18-16-29)7-13-25(30)24-11-9-23(10-12-24)22-5-3-2-4-6-22/h7-14,19,22H,2-6,15-18,20H2,1H3/b13-7+. The van der Waals surface area contributed by atoms with Crippen LogP contribution in [0.1, 0.15) is 59.5 Å². The smallest absolute Gasteiger partial charge is 0.260 e. The van der Waals surface area contributed by atoms with Gasteiger partial charge in [0, 0.05) is 18.7 Å². The van der Waals surface area contributed by atoms with E-state index in [1.165, 1.54) is 37.7 Å². The first-order chi connectivity index (χ1) is 16.6. The number of ether oxygens (including phenoxy) is 3. The molecule has 2 aliphatic rings. The molecule has 2 fully saturated rings. The lowest BCUT2D eigenvalue weighted by Crippen LogP contribution is -2.43. The highest BCUT2D eigenvalue weighted by atomic mass is 16.5. The Bertz CT molecular complexity index is 1000. The molecule has 0 bridgehead atoms. The monoisotopic (exact) mass is 463 g/mol. The second-order valence-corrected chi connectivity index (χ2v) is 8.85. The van der Waals surface area contributed by atoms with Crippen LogP contribution < -0.4 is 9.47 Å². The van der Waals surface area contributed by atoms with E-state index in [1.807, 2.05) is 18.2 Å². The molecule has 0 aromatic heterocycles. The molecule has 1 saturated heterocycles. The second kappa shape index (κ2) is 11.8. The lowest BCUT2D eigenvalue weighted by molar-refractivity contribution is -0.137. The molecular weight excluding hydrogens is 430 g/mol. The molecule has 1 aliphatic heterocycles. The van der Waals surface area contributed by atoms with Gasteiger partial charge in [0.2, 0.25) is 0 Å². The van der Waals surface area contributed by atoms with Crippen LogP contribution in [-0.2, 0) is 9.53 Å². The summed E-state index contributed by atoms with van der Waals surface area (Å²) in [7, 11) is 1.55. The Morgan fingerprint density at radius 3 is 2.44 bits per heavy atom. The number of hydrogen-bond acceptors (Lipinski definition) is 5. The van der Waals surface area contributed by atoms with E-state index in [-0.39, 0.29) is 18.3 Å². The number of ketones is 1. The van der Waals surface area contributed by atoms with Crippen LogP contribution in [0.2, 0.25) is 0 Å². The van der Waals surface area contributed by atoms with Gasteiger partial charge in [-0.1, -0.05) is 55.7 Å². The SMILES string of the molecule is COc1cc(/C=C/C(=O)c2ccc(C3CCCCC3)cc2)ccc1OCC(=O)N1CCOCC1. The molecule has 34 heavy (non-hydrogen) atoms. The van der Waals surface area contributed by atoms with Gasteiger partial charge in [-0.2, -0.15) is 0 Å². The summed E-state index contributed by atoms with van der Waals surface area (Å²) in [6.07, 6.45) is 9.76. The number of methoxy groups -OCH3 is 1. The quantitative estimate of drug-likeness (QED) is 0.413. The van der Waals surface area contributed by atoms with Crippen molar-refractivity contribution < 1.29 is 23.8 Å². The van der Waals surface area contributed by atoms with Gasteiger partial charge in [0.1, 0.15) is 0 Å². The van der Waals surface area contributed by atoms with Crippen molar-refractivity contribution in [2.45, 2.75) is 38.0 Å². The average Bonchev–Trinajstić information content (AvgIpc) is 2.91. The minimum atomic E-state index is -0.0746. The predicted octanol–water partition coefficient (Wildman–Crippen LogP) is 4.88. The zero-order valence-electron chi connectivity index (χ0n) is 19.8. The van der Waals surface area contributed by atoms with Gasteiger partial charge in [-0.25, -0.2) is 0 Å². The first kappa shape index (κ1) is 24.0. The van der Waals surface area contributed by atoms with Crippen molar-refractivity contribution in [3.8, 4) is 11.5 Å². The number of hydrogen-bond donors (Lipinski definition) is 0. The van der Waals surface area contributed by atoms with Gasteiger partial charge in [-0.15, -0.1) is 0 Å². The molecular formula is C28H33NO5. The van der Waals surface area contributed by atoms with Crippen LogP contribution in [0.5, 0.6) is 11.5 Å². The van der Waals surface area contributed by atoms with Crippen molar-refractivity contribution in [2.24, 2.45) is 0 Å². The highest BCUT2D eigenvalue weighted by Gasteiger charge is 2.18. The first-order valence-electron chi connectivity index (χ1n) is 12.1. The van der Waals surface area contributed by atoms with E-state index >= 15 is 0 Å². The van der Waals surface area contributed by atoms with Crippen LogP contribution in [0.3, 0.4) is 0 Å². The molecule has 180 valence electrons. The molecule has 0 N–H and O–H groups in total. The summed E-state index contributed by atoms with van der Waals surface area (Å²) in [6, 6.07) is 13.5. The summed E-state index contributed by atoms with van der Waals surface area (Å²) in [5, 5.41) is 0. The highest BCUT2D eigenvalue weighted by molar-refractivity contribution is 6.06. The van der Waals surface area contributed by atoms with E-state index in [0.29, 0.717) is 49.3 Å². The Kier molecular flexibility index (Phi) is 8.36. The van der Waals surface area contributed by atoms with Crippen molar-refractivity contribution in [1.29, 1.82) is 0 Å². The number of morpholine rings is 1. The zero-order chi connectivity index (χ0) is 23.8. The van der Waals surface area contributed by atoms with Crippen LogP contribution in [0, 0.1) is 0 Å². The largest absolute Gasteiger partial charge is 0.493 e. The normalized spacial score (nSPS) is 17.0. The minimum absolute atomic E-state index is 0.0365. The van der Waals surface area contributed by atoms with Gasteiger partial charge >= 0.3 is 0 Å². The van der Waals surface area contributed by atoms with Crippen LogP contribution in [0.25, 0.3) is 6.08 Å². The molecule has 1 amide bonds. The lowest BCUT2D eigenvalue weighted by Gasteiger charge is -2.26. The summed E-state index contributed by atoms with van der Waals surface area (Å²) in [6.45, 7) is 2.22. The fourth-order valence-corrected chi connectivity index (χ4v) is 4.57. The third-order valence-electron chi connectivity index (χ3n) is 6.60. The number of amides is 1. The van der Waals surface area contributed by atoms with Crippen molar-refractivity contribution in [2.75, 3.05) is 40.0 Å². The molecule has 0 atom stereocenters. The van der Waals surface area contributed by atoms with Gasteiger partial charge in [-0.05, 0) is 48.1 Å². The maximum Gasteiger partial charge on any atom is 0.260 e. The number of rotatable bonds is 8. The number of carbonyl (C=O) groups excluding carboxylic acids is 2. The first-order valence-corrected chi connectivity index (χ1v) is 12.1. The Morgan fingerprint density at radius 2 is 1.74 bits per heavy atom. The maximum absolute atomic E-state index is 12.7. The highest BCUT2D eigenvalue weighted by Crippen LogP contribution is 2.33. The number of carbonyl (C=O) groups is 2. The van der Waals surface area contributed by atoms with Gasteiger partial charge in [0.15, 0.2) is 23.9 Å². The maximum atomic E-state index is 12.7. The third-order valence-corrected chi connectivity index (χ3v) is 6.60. The van der Waals surface area contributed by atoms with Crippen molar-refractivity contribution in [3.63, 3.8) is 0 Å². The van der Waals surface area contributed by atoms with Crippen molar-refractivity contribution in [1.82, 2.24) is 4.90 Å². The van der Waals surface area contributed by atoms with Crippen molar-refractivity contribution in [3.05, 3.63) is 65.2 Å². The number of benzene rings is 2. The fourth-order valence-electron chi connectivity index (χ4n) is 4.57. The summed E-state index contributed by atoms with van der Waals surface area (Å²) >= 11 is 0. The molecule has 6 heteroatoms. The van der Waals surface area contributed by atoms with Crippen LogP contribution in [-0.4, -0.2) is 56.6 Å². The van der Waals surface area contributed by atoms with E-state index < -0.39 is 0 Å². The molecule has 1 aliphatic carbocycles. The van der Waals surface area contributed by atoms with Gasteiger partial charge < -0.3 is 19.1 Å². The Labute approximate surface area is 201 Å².